The summed E-state index contributed by atoms with van der Waals surface area (Å²) in [5, 5.41) is 10.3. The van der Waals surface area contributed by atoms with Crippen LogP contribution < -0.4 is 0 Å². The van der Waals surface area contributed by atoms with Crippen molar-refractivity contribution < 1.29 is 14.6 Å². The smallest absolute Gasteiger partial charge is 0.105 e. The van der Waals surface area contributed by atoms with Gasteiger partial charge in [0.1, 0.15) is 6.10 Å². The van der Waals surface area contributed by atoms with Crippen LogP contribution >= 0.6 is 0 Å². The number of aryl methyl sites for hydroxylation is 1. The summed E-state index contributed by atoms with van der Waals surface area (Å²) in [4.78, 5) is 0. The molecule has 1 saturated heterocycles. The lowest BCUT2D eigenvalue weighted by atomic mass is 10.0. The Hall–Kier alpha value is -0.900. The van der Waals surface area contributed by atoms with Crippen molar-refractivity contribution in [3.8, 4) is 0 Å². The van der Waals surface area contributed by atoms with Crippen molar-refractivity contribution in [2.45, 2.75) is 51.4 Å². The molecule has 2 rings (SSSR count). The second-order valence-electron chi connectivity index (χ2n) is 5.21. The Kier molecular flexibility index (Phi) is 5.37. The number of ether oxygens (including phenoxy) is 2. The highest BCUT2D eigenvalue weighted by Gasteiger charge is 2.21. The molecular formula is C16H24O3. The lowest BCUT2D eigenvalue weighted by Gasteiger charge is -2.21. The van der Waals surface area contributed by atoms with Crippen LogP contribution in [0.2, 0.25) is 0 Å². The summed E-state index contributed by atoms with van der Waals surface area (Å²) in [6.45, 7) is 5.45. The van der Waals surface area contributed by atoms with Gasteiger partial charge in [0.05, 0.1) is 18.8 Å². The molecule has 1 N–H and O–H groups in total. The summed E-state index contributed by atoms with van der Waals surface area (Å²) < 4.78 is 11.2. The van der Waals surface area contributed by atoms with Crippen LogP contribution in [0.25, 0.3) is 0 Å². The van der Waals surface area contributed by atoms with E-state index in [-0.39, 0.29) is 12.2 Å². The lowest BCUT2D eigenvalue weighted by molar-refractivity contribution is -0.0635. The molecule has 3 heteroatoms. The molecule has 0 radical (unpaired) electrons. The SMILES string of the molecule is CCc1ccc(C(O)C(C)OCC2CCCO2)cc1. The van der Waals surface area contributed by atoms with E-state index in [0.29, 0.717) is 6.61 Å². The zero-order chi connectivity index (χ0) is 13.7. The highest BCUT2D eigenvalue weighted by Crippen LogP contribution is 2.21. The molecule has 1 fully saturated rings. The average molecular weight is 264 g/mol. The first-order chi connectivity index (χ1) is 9.20. The minimum Gasteiger partial charge on any atom is -0.386 e. The normalized spacial score (nSPS) is 22.4. The number of benzene rings is 1. The van der Waals surface area contributed by atoms with Gasteiger partial charge in [-0.3, -0.25) is 0 Å². The molecule has 1 aliphatic rings. The van der Waals surface area contributed by atoms with Gasteiger partial charge >= 0.3 is 0 Å². The number of rotatable bonds is 6. The monoisotopic (exact) mass is 264 g/mol. The molecule has 1 aromatic rings. The standard InChI is InChI=1S/C16H24O3/c1-3-13-6-8-14(9-7-13)16(17)12(2)19-11-15-5-4-10-18-15/h6-9,12,15-17H,3-5,10-11H2,1-2H3. The van der Waals surface area contributed by atoms with Gasteiger partial charge in [-0.15, -0.1) is 0 Å². The van der Waals surface area contributed by atoms with Crippen LogP contribution in [0.3, 0.4) is 0 Å². The fourth-order valence-electron chi connectivity index (χ4n) is 2.35. The van der Waals surface area contributed by atoms with E-state index in [2.05, 4.69) is 19.1 Å². The summed E-state index contributed by atoms with van der Waals surface area (Å²) in [5.41, 5.74) is 2.20. The van der Waals surface area contributed by atoms with Crippen LogP contribution in [0.4, 0.5) is 0 Å². The van der Waals surface area contributed by atoms with Gasteiger partial charge in [-0.05, 0) is 37.3 Å². The van der Waals surface area contributed by atoms with Crippen LogP contribution in [-0.2, 0) is 15.9 Å². The summed E-state index contributed by atoms with van der Waals surface area (Å²) >= 11 is 0. The number of hydrogen-bond acceptors (Lipinski definition) is 3. The zero-order valence-electron chi connectivity index (χ0n) is 11.8. The number of hydrogen-bond donors (Lipinski definition) is 1. The van der Waals surface area contributed by atoms with Gasteiger partial charge in [0, 0.05) is 6.61 Å². The van der Waals surface area contributed by atoms with Crippen molar-refractivity contribution in [2.24, 2.45) is 0 Å². The number of aliphatic hydroxyl groups excluding tert-OH is 1. The summed E-state index contributed by atoms with van der Waals surface area (Å²) in [5.74, 6) is 0. The molecule has 1 aromatic carbocycles. The van der Waals surface area contributed by atoms with Crippen molar-refractivity contribution >= 4 is 0 Å². The first-order valence-electron chi connectivity index (χ1n) is 7.20. The van der Waals surface area contributed by atoms with Crippen LogP contribution in [0, 0.1) is 0 Å². The van der Waals surface area contributed by atoms with Gasteiger partial charge in [-0.2, -0.15) is 0 Å². The third kappa shape index (κ3) is 4.03. The molecule has 1 heterocycles. The quantitative estimate of drug-likeness (QED) is 0.858. The van der Waals surface area contributed by atoms with Crippen LogP contribution in [0.15, 0.2) is 24.3 Å². The minimum atomic E-state index is -0.577. The third-order valence-electron chi connectivity index (χ3n) is 3.74. The van der Waals surface area contributed by atoms with Gasteiger partial charge in [-0.25, -0.2) is 0 Å². The Labute approximate surface area is 115 Å². The predicted molar refractivity (Wildman–Crippen MR) is 75.2 cm³/mol. The Morgan fingerprint density at radius 3 is 2.68 bits per heavy atom. The zero-order valence-corrected chi connectivity index (χ0v) is 11.8. The summed E-state index contributed by atoms with van der Waals surface area (Å²) in [6.07, 6.45) is 2.61. The largest absolute Gasteiger partial charge is 0.386 e. The van der Waals surface area contributed by atoms with E-state index in [1.807, 2.05) is 19.1 Å². The van der Waals surface area contributed by atoms with E-state index in [9.17, 15) is 5.11 Å². The Morgan fingerprint density at radius 1 is 1.37 bits per heavy atom. The second kappa shape index (κ2) is 7.04. The van der Waals surface area contributed by atoms with Crippen LogP contribution in [0.5, 0.6) is 0 Å². The van der Waals surface area contributed by atoms with Crippen molar-refractivity contribution in [2.75, 3.05) is 13.2 Å². The van der Waals surface area contributed by atoms with Gasteiger partial charge < -0.3 is 14.6 Å². The molecule has 0 aliphatic carbocycles. The first kappa shape index (κ1) is 14.5. The molecule has 106 valence electrons. The molecule has 3 atom stereocenters. The van der Waals surface area contributed by atoms with E-state index in [0.717, 1.165) is 31.4 Å². The molecule has 0 aromatic heterocycles. The molecular weight excluding hydrogens is 240 g/mol. The number of aliphatic hydroxyl groups is 1. The topological polar surface area (TPSA) is 38.7 Å². The predicted octanol–water partition coefficient (Wildman–Crippen LogP) is 2.87. The van der Waals surface area contributed by atoms with E-state index in [1.54, 1.807) is 0 Å². The Morgan fingerprint density at radius 2 is 2.11 bits per heavy atom. The van der Waals surface area contributed by atoms with Crippen molar-refractivity contribution in [3.05, 3.63) is 35.4 Å². The van der Waals surface area contributed by atoms with Gasteiger partial charge in [0.15, 0.2) is 0 Å². The molecule has 0 spiro atoms. The Balaban J connectivity index is 1.84. The maximum absolute atomic E-state index is 10.3. The molecule has 3 unspecified atom stereocenters. The second-order valence-corrected chi connectivity index (χ2v) is 5.21. The van der Waals surface area contributed by atoms with Gasteiger partial charge in [0.25, 0.3) is 0 Å². The maximum Gasteiger partial charge on any atom is 0.105 e. The first-order valence-corrected chi connectivity index (χ1v) is 7.20. The van der Waals surface area contributed by atoms with E-state index < -0.39 is 6.10 Å². The fraction of sp³-hybridized carbons (Fsp3) is 0.625. The molecule has 1 aliphatic heterocycles. The third-order valence-corrected chi connectivity index (χ3v) is 3.74. The van der Waals surface area contributed by atoms with Crippen molar-refractivity contribution in [3.63, 3.8) is 0 Å². The molecule has 0 saturated carbocycles. The molecule has 3 nitrogen and oxygen atoms in total. The van der Waals surface area contributed by atoms with Gasteiger partial charge in [-0.1, -0.05) is 31.2 Å². The molecule has 0 bridgehead atoms. The summed E-state index contributed by atoms with van der Waals surface area (Å²) in [6, 6.07) is 8.08. The van der Waals surface area contributed by atoms with Crippen LogP contribution in [-0.4, -0.2) is 30.5 Å². The van der Waals surface area contributed by atoms with Crippen molar-refractivity contribution in [1.82, 2.24) is 0 Å². The highest BCUT2D eigenvalue weighted by molar-refractivity contribution is 5.24. The fourth-order valence-corrected chi connectivity index (χ4v) is 2.35. The lowest BCUT2D eigenvalue weighted by Crippen LogP contribution is -2.24. The van der Waals surface area contributed by atoms with Crippen LogP contribution in [0.1, 0.15) is 43.9 Å². The Bertz CT molecular complexity index is 368. The molecule has 19 heavy (non-hydrogen) atoms. The molecule has 0 amide bonds. The van der Waals surface area contributed by atoms with Gasteiger partial charge in [0.2, 0.25) is 0 Å². The minimum absolute atomic E-state index is 0.206. The van der Waals surface area contributed by atoms with Crippen molar-refractivity contribution in [1.29, 1.82) is 0 Å². The maximum atomic E-state index is 10.3. The van der Waals surface area contributed by atoms with E-state index in [1.165, 1.54) is 5.56 Å². The summed E-state index contributed by atoms with van der Waals surface area (Å²) in [7, 11) is 0. The van der Waals surface area contributed by atoms with E-state index >= 15 is 0 Å². The highest BCUT2D eigenvalue weighted by atomic mass is 16.5. The van der Waals surface area contributed by atoms with E-state index in [4.69, 9.17) is 9.47 Å². The average Bonchev–Trinajstić information content (AvgIpc) is 2.97.